The third-order valence-corrected chi connectivity index (χ3v) is 3.75. The zero-order valence-electron chi connectivity index (χ0n) is 11.2. The lowest BCUT2D eigenvalue weighted by Crippen LogP contribution is -2.33. The summed E-state index contributed by atoms with van der Waals surface area (Å²) in [4.78, 5) is 16.6. The Kier molecular flexibility index (Phi) is 4.48. The molecule has 1 fully saturated rings. The van der Waals surface area contributed by atoms with Crippen LogP contribution in [0.2, 0.25) is 0 Å². The van der Waals surface area contributed by atoms with Gasteiger partial charge in [0.05, 0.1) is 0 Å². The molecular formula is C15H21NO2. The quantitative estimate of drug-likeness (QED) is 0.767. The molecule has 0 spiro atoms. The van der Waals surface area contributed by atoms with Crippen LogP contribution in [0.4, 0.5) is 0 Å². The van der Waals surface area contributed by atoms with Crippen LogP contribution in [-0.4, -0.2) is 24.0 Å². The molecule has 0 aromatic carbocycles. The number of ether oxygens (including phenoxy) is 1. The molecule has 3 heteroatoms. The summed E-state index contributed by atoms with van der Waals surface area (Å²) in [5.41, 5.74) is 1.69. The molecule has 1 unspecified atom stereocenters. The van der Waals surface area contributed by atoms with Crippen molar-refractivity contribution in [1.82, 2.24) is 4.98 Å². The van der Waals surface area contributed by atoms with E-state index in [0.29, 0.717) is 11.5 Å². The summed E-state index contributed by atoms with van der Waals surface area (Å²) >= 11 is 0. The fourth-order valence-electron chi connectivity index (χ4n) is 2.80. The second-order valence-electron chi connectivity index (χ2n) is 5.17. The van der Waals surface area contributed by atoms with E-state index in [2.05, 4.69) is 4.98 Å². The molecule has 1 atom stereocenters. The lowest BCUT2D eigenvalue weighted by molar-refractivity contribution is 0.0314. The van der Waals surface area contributed by atoms with Gasteiger partial charge in [-0.15, -0.1) is 0 Å². The van der Waals surface area contributed by atoms with Crippen LogP contribution in [0, 0.1) is 12.8 Å². The Morgan fingerprint density at radius 1 is 1.33 bits per heavy atom. The molecule has 98 valence electrons. The van der Waals surface area contributed by atoms with Crippen molar-refractivity contribution in [3.8, 4) is 0 Å². The van der Waals surface area contributed by atoms with Crippen LogP contribution in [-0.2, 0) is 4.74 Å². The van der Waals surface area contributed by atoms with Crippen LogP contribution in [0.1, 0.15) is 48.0 Å². The van der Waals surface area contributed by atoms with E-state index in [9.17, 15) is 4.79 Å². The molecule has 0 amide bonds. The summed E-state index contributed by atoms with van der Waals surface area (Å²) in [5, 5.41) is 0. The van der Waals surface area contributed by atoms with E-state index in [4.69, 9.17) is 4.74 Å². The largest absolute Gasteiger partial charge is 0.373 e. The standard InChI is InChI=1S/C15H21NO2/c1-11-8-13(10-16-9-11)14(17)15(18-2)12-6-4-3-5-7-12/h8-10,12,15H,3-7H2,1-2H3. The highest BCUT2D eigenvalue weighted by Crippen LogP contribution is 2.29. The van der Waals surface area contributed by atoms with Crippen LogP contribution in [0.25, 0.3) is 0 Å². The molecule has 1 aliphatic rings. The van der Waals surface area contributed by atoms with Crippen molar-refractivity contribution in [2.45, 2.75) is 45.1 Å². The van der Waals surface area contributed by atoms with Crippen molar-refractivity contribution in [2.75, 3.05) is 7.11 Å². The van der Waals surface area contributed by atoms with Gasteiger partial charge in [0.15, 0.2) is 5.78 Å². The fraction of sp³-hybridized carbons (Fsp3) is 0.600. The van der Waals surface area contributed by atoms with Crippen molar-refractivity contribution >= 4 is 5.78 Å². The van der Waals surface area contributed by atoms with Crippen molar-refractivity contribution in [3.63, 3.8) is 0 Å². The number of hydrogen-bond acceptors (Lipinski definition) is 3. The maximum Gasteiger partial charge on any atom is 0.193 e. The number of nitrogens with zero attached hydrogens (tertiary/aromatic N) is 1. The molecule has 2 rings (SSSR count). The highest BCUT2D eigenvalue weighted by molar-refractivity contribution is 5.99. The number of ketones is 1. The summed E-state index contributed by atoms with van der Waals surface area (Å²) < 4.78 is 5.47. The number of aromatic nitrogens is 1. The normalized spacial score (nSPS) is 18.6. The van der Waals surface area contributed by atoms with Gasteiger partial charge >= 0.3 is 0 Å². The van der Waals surface area contributed by atoms with Gasteiger partial charge in [0.25, 0.3) is 0 Å². The van der Waals surface area contributed by atoms with E-state index in [1.54, 1.807) is 19.5 Å². The molecule has 3 nitrogen and oxygen atoms in total. The first-order valence-corrected chi connectivity index (χ1v) is 6.71. The Bertz CT molecular complexity index is 411. The van der Waals surface area contributed by atoms with Crippen LogP contribution in [0.15, 0.2) is 18.5 Å². The average molecular weight is 247 g/mol. The molecule has 18 heavy (non-hydrogen) atoms. The van der Waals surface area contributed by atoms with Gasteiger partial charge < -0.3 is 4.74 Å². The Labute approximate surface area is 109 Å². The molecule has 1 saturated carbocycles. The molecule has 1 aromatic heterocycles. The predicted molar refractivity (Wildman–Crippen MR) is 70.7 cm³/mol. The van der Waals surface area contributed by atoms with Crippen LogP contribution in [0.5, 0.6) is 0 Å². The maximum atomic E-state index is 12.5. The summed E-state index contributed by atoms with van der Waals surface area (Å²) in [6.45, 7) is 1.95. The lowest BCUT2D eigenvalue weighted by atomic mass is 9.82. The number of aryl methyl sites for hydroxylation is 1. The third-order valence-electron chi connectivity index (χ3n) is 3.75. The summed E-state index contributed by atoms with van der Waals surface area (Å²) in [6, 6.07) is 1.89. The molecule has 0 bridgehead atoms. The lowest BCUT2D eigenvalue weighted by Gasteiger charge is -2.28. The van der Waals surface area contributed by atoms with E-state index < -0.39 is 0 Å². The molecule has 0 aliphatic heterocycles. The predicted octanol–water partition coefficient (Wildman–Crippen LogP) is 3.17. The smallest absolute Gasteiger partial charge is 0.193 e. The second-order valence-corrected chi connectivity index (χ2v) is 5.17. The first-order valence-electron chi connectivity index (χ1n) is 6.71. The summed E-state index contributed by atoms with van der Waals surface area (Å²) in [7, 11) is 1.64. The van der Waals surface area contributed by atoms with E-state index in [0.717, 1.165) is 18.4 Å². The average Bonchev–Trinajstić information content (AvgIpc) is 2.41. The molecule has 1 aromatic rings. The van der Waals surface area contributed by atoms with Crippen molar-refractivity contribution in [3.05, 3.63) is 29.6 Å². The van der Waals surface area contributed by atoms with Crippen molar-refractivity contribution in [1.29, 1.82) is 0 Å². The van der Waals surface area contributed by atoms with Gasteiger partial charge in [0.1, 0.15) is 6.10 Å². The van der Waals surface area contributed by atoms with E-state index in [1.807, 2.05) is 13.0 Å². The minimum atomic E-state index is -0.297. The van der Waals surface area contributed by atoms with Crippen LogP contribution in [0.3, 0.4) is 0 Å². The number of rotatable bonds is 4. The topological polar surface area (TPSA) is 39.2 Å². The third kappa shape index (κ3) is 2.96. The number of carbonyl (C=O) groups is 1. The Balaban J connectivity index is 2.14. The minimum absolute atomic E-state index is 0.0839. The van der Waals surface area contributed by atoms with Gasteiger partial charge in [-0.2, -0.15) is 0 Å². The van der Waals surface area contributed by atoms with Crippen LogP contribution >= 0.6 is 0 Å². The van der Waals surface area contributed by atoms with Crippen LogP contribution < -0.4 is 0 Å². The number of carbonyl (C=O) groups excluding carboxylic acids is 1. The second kappa shape index (κ2) is 6.10. The molecule has 0 saturated heterocycles. The summed E-state index contributed by atoms with van der Waals surface area (Å²) in [6.07, 6.45) is 9.02. The van der Waals surface area contributed by atoms with Gasteiger partial charge in [0, 0.05) is 25.1 Å². The first kappa shape index (κ1) is 13.2. The van der Waals surface area contributed by atoms with Gasteiger partial charge in [-0.05, 0) is 37.3 Å². The Hall–Kier alpha value is -1.22. The van der Waals surface area contributed by atoms with E-state index in [1.165, 1.54) is 19.3 Å². The monoisotopic (exact) mass is 247 g/mol. The van der Waals surface area contributed by atoms with Crippen molar-refractivity contribution in [2.24, 2.45) is 5.92 Å². The van der Waals surface area contributed by atoms with Gasteiger partial charge in [-0.25, -0.2) is 0 Å². The molecular weight excluding hydrogens is 226 g/mol. The minimum Gasteiger partial charge on any atom is -0.373 e. The summed E-state index contributed by atoms with van der Waals surface area (Å²) in [5.74, 6) is 0.456. The SMILES string of the molecule is COC(C(=O)c1cncc(C)c1)C1CCCCC1. The number of pyridine rings is 1. The number of Topliss-reactive ketones (excluding diaryl/α,β-unsaturated/α-hetero) is 1. The number of methoxy groups -OCH3 is 1. The fourth-order valence-corrected chi connectivity index (χ4v) is 2.80. The van der Waals surface area contributed by atoms with Gasteiger partial charge in [-0.1, -0.05) is 19.3 Å². The van der Waals surface area contributed by atoms with E-state index >= 15 is 0 Å². The van der Waals surface area contributed by atoms with E-state index in [-0.39, 0.29) is 11.9 Å². The zero-order valence-corrected chi connectivity index (χ0v) is 11.2. The molecule has 1 aliphatic carbocycles. The maximum absolute atomic E-state index is 12.5. The highest BCUT2D eigenvalue weighted by atomic mass is 16.5. The van der Waals surface area contributed by atoms with Crippen molar-refractivity contribution < 1.29 is 9.53 Å². The zero-order chi connectivity index (χ0) is 13.0. The van der Waals surface area contributed by atoms with Gasteiger partial charge in [-0.3, -0.25) is 9.78 Å². The number of hydrogen-bond donors (Lipinski definition) is 0. The highest BCUT2D eigenvalue weighted by Gasteiger charge is 2.30. The molecule has 0 radical (unpaired) electrons. The Morgan fingerprint density at radius 3 is 2.67 bits per heavy atom. The first-order chi connectivity index (χ1) is 8.72. The molecule has 0 N–H and O–H groups in total. The van der Waals surface area contributed by atoms with Gasteiger partial charge in [0.2, 0.25) is 0 Å². The molecule has 1 heterocycles. The Morgan fingerprint density at radius 2 is 2.06 bits per heavy atom.